The minimum absolute atomic E-state index is 0.131. The Balaban J connectivity index is 2.17. The lowest BCUT2D eigenvalue weighted by atomic mass is 9.90. The zero-order chi connectivity index (χ0) is 10.7. The van der Waals surface area contributed by atoms with Crippen LogP contribution in [0.4, 0.5) is 0 Å². The van der Waals surface area contributed by atoms with Crippen molar-refractivity contribution in [1.82, 2.24) is 0 Å². The summed E-state index contributed by atoms with van der Waals surface area (Å²) >= 11 is 0. The van der Waals surface area contributed by atoms with Crippen LogP contribution < -0.4 is 0 Å². The second kappa shape index (κ2) is 4.19. The van der Waals surface area contributed by atoms with Crippen molar-refractivity contribution < 1.29 is 4.74 Å². The molecule has 1 aromatic rings. The maximum atomic E-state index is 5.35. The lowest BCUT2D eigenvalue weighted by Gasteiger charge is -2.18. The Kier molecular flexibility index (Phi) is 2.92. The number of methoxy groups -OCH3 is 1. The van der Waals surface area contributed by atoms with Crippen molar-refractivity contribution in [2.75, 3.05) is 13.7 Å². The highest BCUT2D eigenvalue weighted by atomic mass is 16.5. The Morgan fingerprint density at radius 3 is 2.53 bits per heavy atom. The van der Waals surface area contributed by atoms with Gasteiger partial charge in [0, 0.05) is 7.11 Å². The van der Waals surface area contributed by atoms with E-state index in [4.69, 9.17) is 4.74 Å². The molecule has 1 heteroatoms. The van der Waals surface area contributed by atoms with Gasteiger partial charge in [-0.3, -0.25) is 0 Å². The van der Waals surface area contributed by atoms with Crippen LogP contribution in [0, 0.1) is 0 Å². The molecule has 15 heavy (non-hydrogen) atoms. The first-order valence-corrected chi connectivity index (χ1v) is 5.60. The van der Waals surface area contributed by atoms with Crippen molar-refractivity contribution in [2.24, 2.45) is 0 Å². The third kappa shape index (κ3) is 1.84. The molecule has 1 atom stereocenters. The fraction of sp³-hybridized carbons (Fsp3) is 0.429. The molecule has 0 unspecified atom stereocenters. The number of hydrogen-bond acceptors (Lipinski definition) is 1. The van der Waals surface area contributed by atoms with Crippen LogP contribution in [0.1, 0.15) is 25.3 Å². The number of rotatable bonds is 5. The first kappa shape index (κ1) is 10.4. The van der Waals surface area contributed by atoms with E-state index in [2.05, 4.69) is 43.3 Å². The first-order valence-electron chi connectivity index (χ1n) is 5.60. The lowest BCUT2D eigenvalue weighted by Crippen LogP contribution is -2.18. The van der Waals surface area contributed by atoms with Gasteiger partial charge in [0.2, 0.25) is 0 Å². The van der Waals surface area contributed by atoms with Crippen LogP contribution in [0.5, 0.6) is 0 Å². The van der Waals surface area contributed by atoms with E-state index < -0.39 is 0 Å². The molecular weight excluding hydrogens is 184 g/mol. The molecule has 0 fully saturated rings. The highest BCUT2D eigenvalue weighted by Gasteiger charge is 2.44. The van der Waals surface area contributed by atoms with Crippen molar-refractivity contribution in [3.63, 3.8) is 0 Å². The number of hydrogen-bond donors (Lipinski definition) is 0. The summed E-state index contributed by atoms with van der Waals surface area (Å²) in [6.45, 7) is 3.01. The van der Waals surface area contributed by atoms with Gasteiger partial charge in [-0.15, -0.1) is 0 Å². The molecular formula is C14H18O. The van der Waals surface area contributed by atoms with Crippen molar-refractivity contribution in [3.8, 4) is 0 Å². The Morgan fingerprint density at radius 1 is 1.20 bits per heavy atom. The van der Waals surface area contributed by atoms with Crippen LogP contribution in [-0.2, 0) is 10.2 Å². The van der Waals surface area contributed by atoms with Crippen LogP contribution >= 0.6 is 0 Å². The maximum Gasteiger partial charge on any atom is 0.0631 e. The van der Waals surface area contributed by atoms with Crippen LogP contribution in [0.2, 0.25) is 0 Å². The molecule has 0 N–H and O–H groups in total. The highest BCUT2D eigenvalue weighted by molar-refractivity contribution is 5.55. The van der Waals surface area contributed by atoms with Crippen LogP contribution in [0.15, 0.2) is 42.0 Å². The van der Waals surface area contributed by atoms with E-state index in [1.54, 1.807) is 7.11 Å². The largest absolute Gasteiger partial charge is 0.383 e. The van der Waals surface area contributed by atoms with Crippen molar-refractivity contribution in [1.29, 1.82) is 0 Å². The van der Waals surface area contributed by atoms with Gasteiger partial charge in [0.25, 0.3) is 0 Å². The summed E-state index contributed by atoms with van der Waals surface area (Å²) in [6.07, 6.45) is 4.76. The Bertz CT molecular complexity index is 353. The Morgan fingerprint density at radius 2 is 1.93 bits per heavy atom. The van der Waals surface area contributed by atoms with Gasteiger partial charge < -0.3 is 4.74 Å². The maximum absolute atomic E-state index is 5.35. The standard InChI is InChI=1S/C14H18O/c1-3-7-13-10-14(13,11-15-2)12-8-5-4-6-9-12/h4-6,8-10H,3,7,11H2,1-2H3/t14-/m0/s1. The minimum atomic E-state index is 0.131. The molecule has 0 radical (unpaired) electrons. The molecule has 0 saturated carbocycles. The van der Waals surface area contributed by atoms with E-state index in [0.717, 1.165) is 6.61 Å². The summed E-state index contributed by atoms with van der Waals surface area (Å²) < 4.78 is 5.35. The highest BCUT2D eigenvalue weighted by Crippen LogP contribution is 2.49. The molecule has 2 rings (SSSR count). The summed E-state index contributed by atoms with van der Waals surface area (Å²) in [5.41, 5.74) is 3.04. The number of benzene rings is 1. The normalized spacial score (nSPS) is 23.7. The molecule has 80 valence electrons. The summed E-state index contributed by atoms with van der Waals surface area (Å²) in [5, 5.41) is 0. The van der Waals surface area contributed by atoms with Crippen molar-refractivity contribution in [2.45, 2.75) is 25.2 Å². The lowest BCUT2D eigenvalue weighted by molar-refractivity contribution is 0.176. The fourth-order valence-electron chi connectivity index (χ4n) is 2.28. The summed E-state index contributed by atoms with van der Waals surface area (Å²) in [4.78, 5) is 0. The van der Waals surface area contributed by atoms with Gasteiger partial charge in [0.15, 0.2) is 0 Å². The molecule has 0 aromatic heterocycles. The smallest absolute Gasteiger partial charge is 0.0631 e. The summed E-state index contributed by atoms with van der Waals surface area (Å²) in [5.74, 6) is 0. The molecule has 0 aliphatic heterocycles. The molecule has 0 spiro atoms. The molecule has 1 nitrogen and oxygen atoms in total. The van der Waals surface area contributed by atoms with Crippen LogP contribution in [0.25, 0.3) is 0 Å². The van der Waals surface area contributed by atoms with Gasteiger partial charge in [0.1, 0.15) is 0 Å². The zero-order valence-electron chi connectivity index (χ0n) is 9.49. The monoisotopic (exact) mass is 202 g/mol. The second-order valence-corrected chi connectivity index (χ2v) is 4.19. The molecule has 0 heterocycles. The van der Waals surface area contributed by atoms with E-state index in [0.29, 0.717) is 0 Å². The van der Waals surface area contributed by atoms with Gasteiger partial charge in [-0.2, -0.15) is 0 Å². The minimum Gasteiger partial charge on any atom is -0.383 e. The van der Waals surface area contributed by atoms with Gasteiger partial charge in [0.05, 0.1) is 12.0 Å². The average molecular weight is 202 g/mol. The van der Waals surface area contributed by atoms with E-state index in [1.807, 2.05) is 0 Å². The molecule has 0 amide bonds. The van der Waals surface area contributed by atoms with Gasteiger partial charge in [-0.1, -0.05) is 55.3 Å². The van der Waals surface area contributed by atoms with E-state index in [1.165, 1.54) is 24.0 Å². The average Bonchev–Trinajstić information content (AvgIpc) is 2.95. The molecule has 1 aliphatic rings. The van der Waals surface area contributed by atoms with Crippen molar-refractivity contribution in [3.05, 3.63) is 47.5 Å². The summed E-state index contributed by atoms with van der Waals surface area (Å²) in [7, 11) is 1.78. The SMILES string of the molecule is CCCC1=C[C@]1(COC)c1ccccc1. The van der Waals surface area contributed by atoms with E-state index in [-0.39, 0.29) is 5.41 Å². The molecule has 0 bridgehead atoms. The van der Waals surface area contributed by atoms with Gasteiger partial charge in [-0.05, 0) is 12.0 Å². The van der Waals surface area contributed by atoms with Crippen molar-refractivity contribution >= 4 is 0 Å². The predicted molar refractivity (Wildman–Crippen MR) is 63.0 cm³/mol. The quantitative estimate of drug-likeness (QED) is 0.666. The zero-order valence-corrected chi connectivity index (χ0v) is 9.49. The van der Waals surface area contributed by atoms with E-state index >= 15 is 0 Å². The topological polar surface area (TPSA) is 9.23 Å². The molecule has 1 aromatic carbocycles. The third-order valence-electron chi connectivity index (χ3n) is 3.09. The fourth-order valence-corrected chi connectivity index (χ4v) is 2.28. The van der Waals surface area contributed by atoms with Gasteiger partial charge >= 0.3 is 0 Å². The van der Waals surface area contributed by atoms with E-state index in [9.17, 15) is 0 Å². The van der Waals surface area contributed by atoms with Crippen LogP contribution in [-0.4, -0.2) is 13.7 Å². The molecule has 1 aliphatic carbocycles. The predicted octanol–water partition coefficient (Wildman–Crippen LogP) is 3.31. The van der Waals surface area contributed by atoms with Gasteiger partial charge in [-0.25, -0.2) is 0 Å². The van der Waals surface area contributed by atoms with Crippen LogP contribution in [0.3, 0.4) is 0 Å². The molecule has 0 saturated heterocycles. The summed E-state index contributed by atoms with van der Waals surface area (Å²) in [6, 6.07) is 10.6. The first-order chi connectivity index (χ1) is 7.33. The Hall–Kier alpha value is -1.08. The third-order valence-corrected chi connectivity index (χ3v) is 3.09. The Labute approximate surface area is 91.8 Å². The second-order valence-electron chi connectivity index (χ2n) is 4.19. The number of ether oxygens (including phenoxy) is 1.